The molecule has 0 aliphatic carbocycles. The molecule has 0 radical (unpaired) electrons. The SMILES string of the molecule is CNC(C)c1ccc(OCc2ccc(OC)cc2)cn1. The van der Waals surface area contributed by atoms with Crippen LogP contribution in [0.5, 0.6) is 11.5 Å². The lowest BCUT2D eigenvalue weighted by molar-refractivity contribution is 0.304. The van der Waals surface area contributed by atoms with Crippen molar-refractivity contribution in [1.82, 2.24) is 10.3 Å². The zero-order valence-electron chi connectivity index (χ0n) is 12.1. The molecule has 0 aliphatic heterocycles. The molecule has 1 unspecified atom stereocenters. The van der Waals surface area contributed by atoms with Crippen molar-refractivity contribution in [1.29, 1.82) is 0 Å². The first-order chi connectivity index (χ1) is 9.72. The molecule has 106 valence electrons. The molecule has 20 heavy (non-hydrogen) atoms. The van der Waals surface area contributed by atoms with Crippen molar-refractivity contribution in [2.24, 2.45) is 0 Å². The number of methoxy groups -OCH3 is 1. The van der Waals surface area contributed by atoms with E-state index in [2.05, 4.69) is 17.2 Å². The summed E-state index contributed by atoms with van der Waals surface area (Å²) in [6, 6.07) is 12.0. The van der Waals surface area contributed by atoms with Crippen LogP contribution in [-0.2, 0) is 6.61 Å². The monoisotopic (exact) mass is 272 g/mol. The smallest absolute Gasteiger partial charge is 0.138 e. The van der Waals surface area contributed by atoms with Gasteiger partial charge in [-0.2, -0.15) is 0 Å². The van der Waals surface area contributed by atoms with E-state index >= 15 is 0 Å². The molecule has 0 saturated heterocycles. The van der Waals surface area contributed by atoms with E-state index in [9.17, 15) is 0 Å². The van der Waals surface area contributed by atoms with Crippen LogP contribution in [0.3, 0.4) is 0 Å². The van der Waals surface area contributed by atoms with E-state index in [0.717, 1.165) is 22.8 Å². The highest BCUT2D eigenvalue weighted by Gasteiger charge is 2.04. The lowest BCUT2D eigenvalue weighted by atomic mass is 10.2. The minimum Gasteiger partial charge on any atom is -0.497 e. The van der Waals surface area contributed by atoms with Crippen LogP contribution in [-0.4, -0.2) is 19.1 Å². The summed E-state index contributed by atoms with van der Waals surface area (Å²) in [5, 5.41) is 3.15. The first-order valence-electron chi connectivity index (χ1n) is 6.62. The maximum Gasteiger partial charge on any atom is 0.138 e. The van der Waals surface area contributed by atoms with Gasteiger partial charge in [0.25, 0.3) is 0 Å². The lowest BCUT2D eigenvalue weighted by Crippen LogP contribution is -2.13. The molecule has 1 aromatic heterocycles. The summed E-state index contributed by atoms with van der Waals surface area (Å²) < 4.78 is 10.8. The van der Waals surface area contributed by atoms with Gasteiger partial charge in [0.1, 0.15) is 18.1 Å². The fourth-order valence-electron chi connectivity index (χ4n) is 1.77. The van der Waals surface area contributed by atoms with E-state index in [1.54, 1.807) is 13.3 Å². The normalized spacial score (nSPS) is 11.9. The summed E-state index contributed by atoms with van der Waals surface area (Å²) in [6.07, 6.45) is 1.76. The van der Waals surface area contributed by atoms with Crippen LogP contribution < -0.4 is 14.8 Å². The molecular weight excluding hydrogens is 252 g/mol. The molecule has 4 heteroatoms. The van der Waals surface area contributed by atoms with Crippen molar-refractivity contribution in [2.75, 3.05) is 14.2 Å². The summed E-state index contributed by atoms with van der Waals surface area (Å²) in [5.41, 5.74) is 2.10. The fourth-order valence-corrected chi connectivity index (χ4v) is 1.77. The third kappa shape index (κ3) is 3.71. The van der Waals surface area contributed by atoms with Crippen molar-refractivity contribution in [3.63, 3.8) is 0 Å². The number of ether oxygens (including phenoxy) is 2. The molecule has 1 atom stereocenters. The Balaban J connectivity index is 1.93. The Morgan fingerprint density at radius 1 is 1.10 bits per heavy atom. The highest BCUT2D eigenvalue weighted by Crippen LogP contribution is 2.16. The third-order valence-electron chi connectivity index (χ3n) is 3.20. The highest BCUT2D eigenvalue weighted by atomic mass is 16.5. The van der Waals surface area contributed by atoms with Crippen LogP contribution in [0.1, 0.15) is 24.2 Å². The average Bonchev–Trinajstić information content (AvgIpc) is 2.53. The predicted octanol–water partition coefficient (Wildman–Crippen LogP) is 2.95. The quantitative estimate of drug-likeness (QED) is 0.878. The fraction of sp³-hybridized carbons (Fsp3) is 0.312. The molecule has 0 amide bonds. The maximum absolute atomic E-state index is 5.71. The van der Waals surface area contributed by atoms with Gasteiger partial charge in [-0.1, -0.05) is 12.1 Å². The Labute approximate surface area is 119 Å². The van der Waals surface area contributed by atoms with Crippen molar-refractivity contribution in [3.8, 4) is 11.5 Å². The third-order valence-corrected chi connectivity index (χ3v) is 3.20. The molecule has 1 aromatic carbocycles. The first-order valence-corrected chi connectivity index (χ1v) is 6.62. The summed E-state index contributed by atoms with van der Waals surface area (Å²) in [6.45, 7) is 2.59. The van der Waals surface area contributed by atoms with Gasteiger partial charge in [-0.25, -0.2) is 0 Å². The van der Waals surface area contributed by atoms with Crippen molar-refractivity contribution in [3.05, 3.63) is 53.9 Å². The molecule has 4 nitrogen and oxygen atoms in total. The molecule has 2 rings (SSSR count). The molecular formula is C16H20N2O2. The van der Waals surface area contributed by atoms with Crippen molar-refractivity contribution < 1.29 is 9.47 Å². The number of nitrogens with zero attached hydrogens (tertiary/aromatic N) is 1. The van der Waals surface area contributed by atoms with E-state index in [4.69, 9.17) is 9.47 Å². The summed E-state index contributed by atoms with van der Waals surface area (Å²) in [4.78, 5) is 4.38. The van der Waals surface area contributed by atoms with E-state index in [-0.39, 0.29) is 6.04 Å². The van der Waals surface area contributed by atoms with Crippen LogP contribution in [0, 0.1) is 0 Å². The first kappa shape index (κ1) is 14.3. The Bertz CT molecular complexity index is 523. The van der Waals surface area contributed by atoms with E-state index < -0.39 is 0 Å². The number of benzene rings is 1. The van der Waals surface area contributed by atoms with Gasteiger partial charge in [0.2, 0.25) is 0 Å². The van der Waals surface area contributed by atoms with Gasteiger partial charge in [0, 0.05) is 6.04 Å². The van der Waals surface area contributed by atoms with Crippen LogP contribution in [0.15, 0.2) is 42.6 Å². The molecule has 0 aliphatic rings. The largest absolute Gasteiger partial charge is 0.497 e. The molecule has 0 spiro atoms. The zero-order valence-corrected chi connectivity index (χ0v) is 12.1. The topological polar surface area (TPSA) is 43.4 Å². The van der Waals surface area contributed by atoms with Crippen LogP contribution >= 0.6 is 0 Å². The summed E-state index contributed by atoms with van der Waals surface area (Å²) >= 11 is 0. The molecule has 1 N–H and O–H groups in total. The maximum atomic E-state index is 5.71. The van der Waals surface area contributed by atoms with E-state index in [1.807, 2.05) is 43.4 Å². The van der Waals surface area contributed by atoms with Gasteiger partial charge < -0.3 is 14.8 Å². The van der Waals surface area contributed by atoms with Crippen molar-refractivity contribution >= 4 is 0 Å². The molecule has 0 fully saturated rings. The van der Waals surface area contributed by atoms with Gasteiger partial charge in [0.15, 0.2) is 0 Å². The number of hydrogen-bond donors (Lipinski definition) is 1. The van der Waals surface area contributed by atoms with Gasteiger partial charge in [-0.05, 0) is 43.8 Å². The van der Waals surface area contributed by atoms with Gasteiger partial charge >= 0.3 is 0 Å². The number of hydrogen-bond acceptors (Lipinski definition) is 4. The Morgan fingerprint density at radius 3 is 2.35 bits per heavy atom. The minimum atomic E-state index is 0.241. The number of aromatic nitrogens is 1. The van der Waals surface area contributed by atoms with E-state index in [0.29, 0.717) is 6.61 Å². The average molecular weight is 272 g/mol. The van der Waals surface area contributed by atoms with Gasteiger partial charge in [-0.3, -0.25) is 4.98 Å². The van der Waals surface area contributed by atoms with Crippen LogP contribution in [0.4, 0.5) is 0 Å². The standard InChI is InChI=1S/C16H20N2O2/c1-12(17-2)16-9-8-15(10-18-16)20-11-13-4-6-14(19-3)7-5-13/h4-10,12,17H,11H2,1-3H3. The second-order valence-electron chi connectivity index (χ2n) is 4.57. The number of pyridine rings is 1. The number of rotatable bonds is 6. The predicted molar refractivity (Wildman–Crippen MR) is 79.0 cm³/mol. The lowest BCUT2D eigenvalue weighted by Gasteiger charge is -2.11. The van der Waals surface area contributed by atoms with Crippen LogP contribution in [0.2, 0.25) is 0 Å². The van der Waals surface area contributed by atoms with Gasteiger partial charge in [-0.15, -0.1) is 0 Å². The Hall–Kier alpha value is -2.07. The molecule has 0 saturated carbocycles. The van der Waals surface area contributed by atoms with E-state index in [1.165, 1.54) is 0 Å². The summed E-state index contributed by atoms with van der Waals surface area (Å²) in [7, 11) is 3.57. The molecule has 0 bridgehead atoms. The molecule has 2 aromatic rings. The van der Waals surface area contributed by atoms with Crippen molar-refractivity contribution in [2.45, 2.75) is 19.6 Å². The minimum absolute atomic E-state index is 0.241. The van der Waals surface area contributed by atoms with Crippen LogP contribution in [0.25, 0.3) is 0 Å². The Morgan fingerprint density at radius 2 is 1.80 bits per heavy atom. The zero-order chi connectivity index (χ0) is 14.4. The second-order valence-corrected chi connectivity index (χ2v) is 4.57. The second kappa shape index (κ2) is 6.91. The van der Waals surface area contributed by atoms with Gasteiger partial charge in [0.05, 0.1) is 19.0 Å². The Kier molecular flexibility index (Phi) is 4.96. The summed E-state index contributed by atoms with van der Waals surface area (Å²) in [5.74, 6) is 1.62. The molecule has 1 heterocycles. The highest BCUT2D eigenvalue weighted by molar-refractivity contribution is 5.27. The number of nitrogens with one attached hydrogen (secondary N) is 1.